The predicted octanol–water partition coefficient (Wildman–Crippen LogP) is 1.81. The molecule has 0 saturated carbocycles. The molecule has 6 nitrogen and oxygen atoms in total. The highest BCUT2D eigenvalue weighted by Crippen LogP contribution is 2.39. The van der Waals surface area contributed by atoms with Crippen molar-refractivity contribution in [2.75, 3.05) is 11.4 Å². The zero-order chi connectivity index (χ0) is 16.5. The number of amides is 2. The van der Waals surface area contributed by atoms with Crippen LogP contribution in [0, 0.1) is 0 Å². The molecule has 22 heavy (non-hydrogen) atoms. The van der Waals surface area contributed by atoms with Crippen molar-refractivity contribution in [3.63, 3.8) is 0 Å². The Labute approximate surface area is 130 Å². The van der Waals surface area contributed by atoms with Crippen LogP contribution in [0.25, 0.3) is 0 Å². The number of carbonyl (C=O) groups is 2. The third kappa shape index (κ3) is 3.16. The zero-order valence-corrected chi connectivity index (χ0v) is 13.3. The van der Waals surface area contributed by atoms with Gasteiger partial charge in [-0.15, -0.1) is 0 Å². The van der Waals surface area contributed by atoms with Crippen LogP contribution < -0.4 is 15.0 Å². The van der Waals surface area contributed by atoms with Gasteiger partial charge in [0.15, 0.2) is 5.60 Å². The molecule has 0 aliphatic carbocycles. The molecular weight excluding hydrogens is 284 g/mol. The van der Waals surface area contributed by atoms with Crippen molar-refractivity contribution < 1.29 is 19.4 Å². The van der Waals surface area contributed by atoms with Gasteiger partial charge in [-0.3, -0.25) is 14.5 Å². The lowest BCUT2D eigenvalue weighted by atomic mass is 10.0. The zero-order valence-electron chi connectivity index (χ0n) is 13.3. The first-order chi connectivity index (χ1) is 10.2. The summed E-state index contributed by atoms with van der Waals surface area (Å²) >= 11 is 0. The number of phenols is 1. The molecule has 0 radical (unpaired) electrons. The second kappa shape index (κ2) is 5.87. The van der Waals surface area contributed by atoms with E-state index >= 15 is 0 Å². The number of nitrogens with zero attached hydrogens (tertiary/aromatic N) is 1. The predicted molar refractivity (Wildman–Crippen MR) is 83.1 cm³/mol. The number of rotatable bonds is 4. The van der Waals surface area contributed by atoms with Gasteiger partial charge < -0.3 is 15.2 Å². The van der Waals surface area contributed by atoms with Crippen LogP contribution in [0.1, 0.15) is 34.1 Å². The van der Waals surface area contributed by atoms with Crippen molar-refractivity contribution >= 4 is 17.5 Å². The van der Waals surface area contributed by atoms with Gasteiger partial charge in [0, 0.05) is 12.1 Å². The molecule has 2 rings (SSSR count). The largest absolute Gasteiger partial charge is 0.508 e. The first-order valence-corrected chi connectivity index (χ1v) is 7.38. The average Bonchev–Trinajstić information content (AvgIpc) is 2.43. The van der Waals surface area contributed by atoms with Gasteiger partial charge in [0.05, 0.1) is 5.69 Å². The highest BCUT2D eigenvalue weighted by Gasteiger charge is 2.41. The minimum atomic E-state index is -1.09. The Kier molecular flexibility index (Phi) is 4.30. The average molecular weight is 306 g/mol. The minimum Gasteiger partial charge on any atom is -0.508 e. The summed E-state index contributed by atoms with van der Waals surface area (Å²) in [6.45, 7) is 7.10. The standard InChI is InChI=1S/C16H22N2O4/c1-5-10(2)17-14(20)9-18-12-7-6-11(19)8-13(12)22-16(3,4)15(18)21/h6-8,10,19H,5,9H2,1-4H3,(H,17,20). The van der Waals surface area contributed by atoms with Gasteiger partial charge in [-0.2, -0.15) is 0 Å². The van der Waals surface area contributed by atoms with Crippen molar-refractivity contribution in [2.24, 2.45) is 0 Å². The number of ether oxygens (including phenoxy) is 1. The number of nitrogens with one attached hydrogen (secondary N) is 1. The van der Waals surface area contributed by atoms with Crippen molar-refractivity contribution in [1.29, 1.82) is 0 Å². The number of fused-ring (bicyclic) bond motifs is 1. The maximum absolute atomic E-state index is 12.5. The monoisotopic (exact) mass is 306 g/mol. The molecule has 1 unspecified atom stereocenters. The van der Waals surface area contributed by atoms with E-state index in [0.29, 0.717) is 11.4 Å². The van der Waals surface area contributed by atoms with E-state index in [1.54, 1.807) is 19.9 Å². The van der Waals surface area contributed by atoms with E-state index in [1.165, 1.54) is 17.0 Å². The molecule has 1 aromatic rings. The van der Waals surface area contributed by atoms with Crippen LogP contribution >= 0.6 is 0 Å². The van der Waals surface area contributed by atoms with Gasteiger partial charge in [-0.1, -0.05) is 6.92 Å². The van der Waals surface area contributed by atoms with Crippen LogP contribution in [0.5, 0.6) is 11.5 Å². The van der Waals surface area contributed by atoms with Gasteiger partial charge in [0.1, 0.15) is 18.0 Å². The van der Waals surface area contributed by atoms with Crippen molar-refractivity contribution in [2.45, 2.75) is 45.8 Å². The van der Waals surface area contributed by atoms with E-state index in [0.717, 1.165) is 6.42 Å². The Balaban J connectivity index is 2.29. The van der Waals surface area contributed by atoms with Crippen LogP contribution in [-0.2, 0) is 9.59 Å². The molecule has 1 aliphatic heterocycles. The maximum Gasteiger partial charge on any atom is 0.271 e. The Morgan fingerprint density at radius 2 is 2.14 bits per heavy atom. The van der Waals surface area contributed by atoms with Crippen LogP contribution in [0.15, 0.2) is 18.2 Å². The maximum atomic E-state index is 12.5. The number of anilines is 1. The lowest BCUT2D eigenvalue weighted by Gasteiger charge is -2.38. The molecule has 1 atom stereocenters. The molecule has 0 aromatic heterocycles. The van der Waals surface area contributed by atoms with Crippen LogP contribution in [0.3, 0.4) is 0 Å². The van der Waals surface area contributed by atoms with Crippen LogP contribution in [0.4, 0.5) is 5.69 Å². The molecule has 6 heteroatoms. The van der Waals surface area contributed by atoms with Crippen LogP contribution in [0.2, 0.25) is 0 Å². The summed E-state index contributed by atoms with van der Waals surface area (Å²) in [6.07, 6.45) is 0.818. The lowest BCUT2D eigenvalue weighted by Crippen LogP contribution is -2.55. The van der Waals surface area contributed by atoms with Gasteiger partial charge in [0.25, 0.3) is 5.91 Å². The fourth-order valence-electron chi connectivity index (χ4n) is 2.28. The minimum absolute atomic E-state index is 0.0490. The number of aromatic hydroxyl groups is 1. The first kappa shape index (κ1) is 16.1. The summed E-state index contributed by atoms with van der Waals surface area (Å²) in [6, 6.07) is 4.54. The smallest absolute Gasteiger partial charge is 0.271 e. The fourth-order valence-corrected chi connectivity index (χ4v) is 2.28. The number of phenolic OH excluding ortho intramolecular Hbond substituents is 1. The van der Waals surface area contributed by atoms with Crippen molar-refractivity contribution in [3.8, 4) is 11.5 Å². The second-order valence-electron chi connectivity index (χ2n) is 6.03. The van der Waals surface area contributed by atoms with Crippen LogP contribution in [-0.4, -0.2) is 35.1 Å². The van der Waals surface area contributed by atoms with E-state index in [1.807, 2.05) is 13.8 Å². The lowest BCUT2D eigenvalue weighted by molar-refractivity contribution is -0.134. The molecule has 120 valence electrons. The Bertz CT molecular complexity index is 598. The molecule has 2 amide bonds. The normalized spacial score (nSPS) is 17.5. The Morgan fingerprint density at radius 1 is 1.45 bits per heavy atom. The van der Waals surface area contributed by atoms with E-state index in [9.17, 15) is 14.7 Å². The molecule has 0 bridgehead atoms. The molecule has 2 N–H and O–H groups in total. The molecule has 0 spiro atoms. The van der Waals surface area contributed by atoms with Crippen molar-refractivity contribution in [1.82, 2.24) is 5.32 Å². The Morgan fingerprint density at radius 3 is 2.77 bits per heavy atom. The third-order valence-electron chi connectivity index (χ3n) is 3.68. The third-order valence-corrected chi connectivity index (χ3v) is 3.68. The molecule has 0 fully saturated rings. The number of hydrogen-bond donors (Lipinski definition) is 2. The summed E-state index contributed by atoms with van der Waals surface area (Å²) in [7, 11) is 0. The second-order valence-corrected chi connectivity index (χ2v) is 6.03. The van der Waals surface area contributed by atoms with Gasteiger partial charge in [-0.25, -0.2) is 0 Å². The molecular formula is C16H22N2O4. The molecule has 1 heterocycles. The molecule has 0 saturated heterocycles. The highest BCUT2D eigenvalue weighted by molar-refractivity contribution is 6.05. The molecule has 1 aromatic carbocycles. The van der Waals surface area contributed by atoms with E-state index < -0.39 is 5.60 Å². The van der Waals surface area contributed by atoms with E-state index in [2.05, 4.69) is 5.32 Å². The quantitative estimate of drug-likeness (QED) is 0.889. The highest BCUT2D eigenvalue weighted by atomic mass is 16.5. The fraction of sp³-hybridized carbons (Fsp3) is 0.500. The number of hydrogen-bond acceptors (Lipinski definition) is 4. The number of benzene rings is 1. The Hall–Kier alpha value is -2.24. The summed E-state index contributed by atoms with van der Waals surface area (Å²) in [4.78, 5) is 26.1. The number of carbonyl (C=O) groups excluding carboxylic acids is 2. The van der Waals surface area contributed by atoms with E-state index in [-0.39, 0.29) is 30.2 Å². The SMILES string of the molecule is CCC(C)NC(=O)CN1C(=O)C(C)(C)Oc2cc(O)ccc21. The molecule has 1 aliphatic rings. The summed E-state index contributed by atoms with van der Waals surface area (Å²) in [5.74, 6) is -0.0711. The van der Waals surface area contributed by atoms with Gasteiger partial charge in [-0.05, 0) is 39.3 Å². The van der Waals surface area contributed by atoms with Crippen molar-refractivity contribution in [3.05, 3.63) is 18.2 Å². The topological polar surface area (TPSA) is 78.9 Å². The van der Waals surface area contributed by atoms with E-state index in [4.69, 9.17) is 4.74 Å². The summed E-state index contributed by atoms with van der Waals surface area (Å²) in [5.41, 5.74) is -0.598. The summed E-state index contributed by atoms with van der Waals surface area (Å²) < 4.78 is 5.64. The van der Waals surface area contributed by atoms with Gasteiger partial charge >= 0.3 is 0 Å². The summed E-state index contributed by atoms with van der Waals surface area (Å²) in [5, 5.41) is 12.4. The van der Waals surface area contributed by atoms with Gasteiger partial charge in [0.2, 0.25) is 5.91 Å². The first-order valence-electron chi connectivity index (χ1n) is 7.38.